The molecule has 2 atom stereocenters. The summed E-state index contributed by atoms with van der Waals surface area (Å²) in [7, 11) is 0. The van der Waals surface area contributed by atoms with Crippen molar-refractivity contribution >= 4 is 0 Å². The molecule has 2 fully saturated rings. The van der Waals surface area contributed by atoms with Gasteiger partial charge in [-0.2, -0.15) is 0 Å². The van der Waals surface area contributed by atoms with Crippen LogP contribution in [-0.2, 0) is 0 Å². The molecule has 1 heteroatoms. The Bertz CT molecular complexity index is 453. The zero-order valence-electron chi connectivity index (χ0n) is 12.8. The van der Waals surface area contributed by atoms with Gasteiger partial charge in [-0.05, 0) is 63.0 Å². The topological polar surface area (TPSA) is 3.24 Å². The Morgan fingerprint density at radius 1 is 1.05 bits per heavy atom. The minimum atomic E-state index is 0.270. The Balaban J connectivity index is 1.96. The van der Waals surface area contributed by atoms with Gasteiger partial charge in [-0.25, -0.2) is 0 Å². The molecule has 0 N–H and O–H groups in total. The van der Waals surface area contributed by atoms with Crippen molar-refractivity contribution in [3.8, 4) is 0 Å². The molecule has 2 unspecified atom stereocenters. The van der Waals surface area contributed by atoms with E-state index in [4.69, 9.17) is 0 Å². The third kappa shape index (κ3) is 2.58. The summed E-state index contributed by atoms with van der Waals surface area (Å²) in [5.74, 6) is 1.67. The first-order chi connectivity index (χ1) is 8.97. The van der Waals surface area contributed by atoms with Gasteiger partial charge in [-0.1, -0.05) is 31.2 Å². The van der Waals surface area contributed by atoms with Gasteiger partial charge < -0.3 is 0 Å². The van der Waals surface area contributed by atoms with Crippen molar-refractivity contribution in [3.05, 3.63) is 35.4 Å². The molecule has 3 rings (SSSR count). The number of benzene rings is 1. The molecule has 0 aromatic heterocycles. The first-order valence-electron chi connectivity index (χ1n) is 7.82. The van der Waals surface area contributed by atoms with Crippen LogP contribution in [0, 0.1) is 5.92 Å². The second-order valence-electron chi connectivity index (χ2n) is 7.58. The Labute approximate surface area is 118 Å². The third-order valence-corrected chi connectivity index (χ3v) is 4.74. The van der Waals surface area contributed by atoms with Gasteiger partial charge >= 0.3 is 0 Å². The van der Waals surface area contributed by atoms with E-state index in [1.165, 1.54) is 25.8 Å². The van der Waals surface area contributed by atoms with Crippen molar-refractivity contribution in [2.45, 2.75) is 64.5 Å². The van der Waals surface area contributed by atoms with E-state index in [2.05, 4.69) is 56.9 Å². The van der Waals surface area contributed by atoms with Crippen molar-refractivity contribution in [1.82, 2.24) is 4.90 Å². The Kier molecular flexibility index (Phi) is 3.21. The lowest BCUT2D eigenvalue weighted by Crippen LogP contribution is -2.41. The van der Waals surface area contributed by atoms with Crippen LogP contribution in [0.5, 0.6) is 0 Å². The van der Waals surface area contributed by atoms with Gasteiger partial charge in [-0.3, -0.25) is 4.90 Å². The van der Waals surface area contributed by atoms with Crippen molar-refractivity contribution in [2.75, 3.05) is 6.54 Å². The first-order valence-corrected chi connectivity index (χ1v) is 7.82. The van der Waals surface area contributed by atoms with E-state index in [9.17, 15) is 0 Å². The van der Waals surface area contributed by atoms with Crippen LogP contribution in [0.1, 0.15) is 70.0 Å². The van der Waals surface area contributed by atoms with Crippen molar-refractivity contribution < 1.29 is 0 Å². The van der Waals surface area contributed by atoms with Gasteiger partial charge in [0.2, 0.25) is 0 Å². The monoisotopic (exact) mass is 257 g/mol. The molecule has 1 heterocycles. The van der Waals surface area contributed by atoms with Crippen LogP contribution in [0.15, 0.2) is 24.3 Å². The van der Waals surface area contributed by atoms with Crippen molar-refractivity contribution in [3.63, 3.8) is 0 Å². The fourth-order valence-electron chi connectivity index (χ4n) is 3.66. The highest BCUT2D eigenvalue weighted by atomic mass is 15.2. The molecule has 1 aliphatic heterocycles. The lowest BCUT2D eigenvalue weighted by atomic mass is 9.92. The standard InChI is InChI=1S/C18H27N/c1-13-11-17(19(12-13)18(2,3)4)16-8-6-5-7-15(16)14-9-10-14/h5-8,13-14,17H,9-12H2,1-4H3. The molecule has 1 aromatic rings. The van der Waals surface area contributed by atoms with E-state index in [0.29, 0.717) is 6.04 Å². The molecule has 19 heavy (non-hydrogen) atoms. The van der Waals surface area contributed by atoms with Crippen molar-refractivity contribution in [2.24, 2.45) is 5.92 Å². The number of likely N-dealkylation sites (tertiary alicyclic amines) is 1. The Morgan fingerprint density at radius 3 is 2.26 bits per heavy atom. The lowest BCUT2D eigenvalue weighted by Gasteiger charge is -2.38. The largest absolute Gasteiger partial charge is 0.291 e. The van der Waals surface area contributed by atoms with Crippen LogP contribution in [0.4, 0.5) is 0 Å². The van der Waals surface area contributed by atoms with Crippen LogP contribution in [-0.4, -0.2) is 17.0 Å². The zero-order valence-corrected chi connectivity index (χ0v) is 12.8. The highest BCUT2D eigenvalue weighted by molar-refractivity contribution is 5.36. The summed E-state index contributed by atoms with van der Waals surface area (Å²) in [5.41, 5.74) is 3.52. The molecular formula is C18H27N. The second-order valence-corrected chi connectivity index (χ2v) is 7.58. The normalized spacial score (nSPS) is 28.8. The van der Waals surface area contributed by atoms with Crippen LogP contribution >= 0.6 is 0 Å². The maximum atomic E-state index is 2.72. The van der Waals surface area contributed by atoms with E-state index in [0.717, 1.165) is 11.8 Å². The SMILES string of the molecule is CC1CC(c2ccccc2C2CC2)N(C(C)(C)C)C1. The van der Waals surface area contributed by atoms with Gasteiger partial charge in [0.05, 0.1) is 0 Å². The summed E-state index contributed by atoms with van der Waals surface area (Å²) in [4.78, 5) is 2.72. The highest BCUT2D eigenvalue weighted by Gasteiger charge is 2.39. The van der Waals surface area contributed by atoms with Crippen LogP contribution in [0.3, 0.4) is 0 Å². The molecule has 0 bridgehead atoms. The Hall–Kier alpha value is -0.820. The number of hydrogen-bond acceptors (Lipinski definition) is 1. The van der Waals surface area contributed by atoms with Gasteiger partial charge in [0, 0.05) is 18.1 Å². The van der Waals surface area contributed by atoms with Gasteiger partial charge in [-0.15, -0.1) is 0 Å². The van der Waals surface area contributed by atoms with Crippen LogP contribution < -0.4 is 0 Å². The van der Waals surface area contributed by atoms with Gasteiger partial charge in [0.1, 0.15) is 0 Å². The summed E-state index contributed by atoms with van der Waals surface area (Å²) in [5, 5.41) is 0. The summed E-state index contributed by atoms with van der Waals surface area (Å²) in [6, 6.07) is 9.83. The van der Waals surface area contributed by atoms with Gasteiger partial charge in [0.25, 0.3) is 0 Å². The molecule has 1 aromatic carbocycles. The van der Waals surface area contributed by atoms with E-state index >= 15 is 0 Å². The Morgan fingerprint density at radius 2 is 1.68 bits per heavy atom. The number of nitrogens with zero attached hydrogens (tertiary/aromatic N) is 1. The smallest absolute Gasteiger partial charge is 0.0359 e. The van der Waals surface area contributed by atoms with E-state index in [1.54, 1.807) is 11.1 Å². The molecule has 0 amide bonds. The summed E-state index contributed by atoms with van der Waals surface area (Å²) < 4.78 is 0. The molecule has 1 aliphatic carbocycles. The fraction of sp³-hybridized carbons (Fsp3) is 0.667. The van der Waals surface area contributed by atoms with Crippen molar-refractivity contribution in [1.29, 1.82) is 0 Å². The summed E-state index contributed by atoms with van der Waals surface area (Å²) in [6.07, 6.45) is 4.12. The molecule has 2 aliphatic rings. The molecule has 0 radical (unpaired) electrons. The van der Waals surface area contributed by atoms with Gasteiger partial charge in [0.15, 0.2) is 0 Å². The molecule has 1 nitrogen and oxygen atoms in total. The van der Waals surface area contributed by atoms with Crippen LogP contribution in [0.25, 0.3) is 0 Å². The summed E-state index contributed by atoms with van der Waals surface area (Å²) >= 11 is 0. The molecule has 104 valence electrons. The highest BCUT2D eigenvalue weighted by Crippen LogP contribution is 2.47. The number of rotatable bonds is 2. The minimum Gasteiger partial charge on any atom is -0.291 e. The quantitative estimate of drug-likeness (QED) is 0.739. The minimum absolute atomic E-state index is 0.270. The first kappa shape index (κ1) is 13.2. The predicted octanol–water partition coefficient (Wildman–Crippen LogP) is 4.75. The van der Waals surface area contributed by atoms with E-state index < -0.39 is 0 Å². The van der Waals surface area contributed by atoms with E-state index in [1.807, 2.05) is 0 Å². The van der Waals surface area contributed by atoms with Crippen LogP contribution in [0.2, 0.25) is 0 Å². The number of hydrogen-bond donors (Lipinski definition) is 0. The fourth-order valence-corrected chi connectivity index (χ4v) is 3.66. The lowest BCUT2D eigenvalue weighted by molar-refractivity contribution is 0.119. The van der Waals surface area contributed by atoms with E-state index in [-0.39, 0.29) is 5.54 Å². The average Bonchev–Trinajstić information content (AvgIpc) is 3.11. The second kappa shape index (κ2) is 4.63. The molecule has 1 saturated carbocycles. The average molecular weight is 257 g/mol. The molecular weight excluding hydrogens is 230 g/mol. The molecule has 0 spiro atoms. The summed E-state index contributed by atoms with van der Waals surface area (Å²) in [6.45, 7) is 10.7. The maximum absolute atomic E-state index is 2.72. The predicted molar refractivity (Wildman–Crippen MR) is 81.4 cm³/mol. The third-order valence-electron chi connectivity index (χ3n) is 4.74. The molecule has 1 saturated heterocycles. The maximum Gasteiger partial charge on any atom is 0.0359 e. The zero-order chi connectivity index (χ0) is 13.6.